The van der Waals surface area contributed by atoms with Crippen LogP contribution >= 0.6 is 0 Å². The Hall–Kier alpha value is -1.04. The van der Waals surface area contributed by atoms with E-state index in [4.69, 9.17) is 0 Å². The van der Waals surface area contributed by atoms with Crippen molar-refractivity contribution in [2.75, 3.05) is 18.8 Å². The molecule has 0 aromatic carbocycles. The van der Waals surface area contributed by atoms with Crippen LogP contribution in [0, 0.1) is 0 Å². The first-order chi connectivity index (χ1) is 7.20. The molecule has 2 amide bonds. The minimum absolute atomic E-state index is 0.0575. The Balaban J connectivity index is 4.00. The Morgan fingerprint density at radius 3 is 2.31 bits per heavy atom. The summed E-state index contributed by atoms with van der Waals surface area (Å²) in [6.07, 6.45) is 1.55. The van der Waals surface area contributed by atoms with Crippen LogP contribution in [0.4, 0.5) is 4.79 Å². The van der Waals surface area contributed by atoms with E-state index in [1.165, 1.54) is 0 Å². The summed E-state index contributed by atoms with van der Waals surface area (Å²) < 4.78 is 22.5. The number of hydrogen-bond donors (Lipinski definition) is 2. The second kappa shape index (κ2) is 5.89. The molecule has 2 N–H and O–H groups in total. The Labute approximate surface area is 97.2 Å². The van der Waals surface area contributed by atoms with Gasteiger partial charge in [0.25, 0.3) is 0 Å². The van der Waals surface area contributed by atoms with Gasteiger partial charge in [0.05, 0.1) is 10.5 Å². The molecule has 0 aliphatic carbocycles. The van der Waals surface area contributed by atoms with Crippen LogP contribution in [0.1, 0.15) is 20.8 Å². The van der Waals surface area contributed by atoms with Gasteiger partial charge in [0.2, 0.25) is 0 Å². The summed E-state index contributed by atoms with van der Waals surface area (Å²) in [5.74, 6) is -0.0575. The third-order valence-electron chi connectivity index (χ3n) is 2.00. The average Bonchev–Trinajstić information content (AvgIpc) is 2.12. The number of nitrogens with one attached hydrogen (secondary N) is 2. The molecule has 5 nitrogen and oxygen atoms in total. The highest BCUT2D eigenvalue weighted by Gasteiger charge is 2.28. The molecule has 6 heteroatoms. The van der Waals surface area contributed by atoms with Crippen LogP contribution in [-0.4, -0.2) is 38.0 Å². The van der Waals surface area contributed by atoms with Crippen molar-refractivity contribution in [1.29, 1.82) is 0 Å². The SMILES string of the molecule is C=CCNC(=O)NCCS(=O)(=O)C(C)(C)C. The van der Waals surface area contributed by atoms with Crippen molar-refractivity contribution in [3.8, 4) is 0 Å². The number of rotatable bonds is 5. The topological polar surface area (TPSA) is 75.3 Å². The summed E-state index contributed by atoms with van der Waals surface area (Å²) >= 11 is 0. The summed E-state index contributed by atoms with van der Waals surface area (Å²) in [4.78, 5) is 11.1. The second-order valence-electron chi connectivity index (χ2n) is 4.36. The molecule has 0 atom stereocenters. The fraction of sp³-hybridized carbons (Fsp3) is 0.700. The summed E-state index contributed by atoms with van der Waals surface area (Å²) in [7, 11) is -3.18. The van der Waals surface area contributed by atoms with E-state index in [1.807, 2.05) is 0 Å². The molecule has 0 unspecified atom stereocenters. The quantitative estimate of drug-likeness (QED) is 0.703. The van der Waals surface area contributed by atoms with Gasteiger partial charge >= 0.3 is 6.03 Å². The number of carbonyl (C=O) groups excluding carboxylic acids is 1. The summed E-state index contributed by atoms with van der Waals surface area (Å²) in [6.45, 7) is 8.84. The summed E-state index contributed by atoms with van der Waals surface area (Å²) in [5, 5.41) is 4.96. The lowest BCUT2D eigenvalue weighted by atomic mass is 10.3. The van der Waals surface area contributed by atoms with Crippen LogP contribution < -0.4 is 10.6 Å². The van der Waals surface area contributed by atoms with Gasteiger partial charge in [-0.2, -0.15) is 0 Å². The van der Waals surface area contributed by atoms with E-state index in [9.17, 15) is 13.2 Å². The first kappa shape index (κ1) is 15.0. The van der Waals surface area contributed by atoms with Crippen LogP contribution in [-0.2, 0) is 9.84 Å². The molecule has 0 rings (SSSR count). The lowest BCUT2D eigenvalue weighted by Gasteiger charge is -2.19. The second-order valence-corrected chi connectivity index (χ2v) is 7.22. The highest BCUT2D eigenvalue weighted by molar-refractivity contribution is 7.92. The average molecular weight is 248 g/mol. The normalized spacial score (nSPS) is 11.9. The van der Waals surface area contributed by atoms with Crippen LogP contribution in [0.15, 0.2) is 12.7 Å². The van der Waals surface area contributed by atoms with Crippen molar-refractivity contribution in [3.05, 3.63) is 12.7 Å². The van der Waals surface area contributed by atoms with E-state index in [-0.39, 0.29) is 18.3 Å². The van der Waals surface area contributed by atoms with Crippen LogP contribution in [0.3, 0.4) is 0 Å². The molecule has 0 aliphatic rings. The molecule has 0 fully saturated rings. The minimum Gasteiger partial charge on any atom is -0.337 e. The molecule has 0 radical (unpaired) electrons. The van der Waals surface area contributed by atoms with Gasteiger partial charge in [0, 0.05) is 13.1 Å². The zero-order valence-electron chi connectivity index (χ0n) is 10.0. The maximum atomic E-state index is 11.7. The standard InChI is InChI=1S/C10H20N2O3S/c1-5-6-11-9(13)12-7-8-16(14,15)10(2,3)4/h5H,1,6-8H2,2-4H3,(H2,11,12,13). The maximum absolute atomic E-state index is 11.7. The van der Waals surface area contributed by atoms with Gasteiger partial charge in [-0.25, -0.2) is 13.2 Å². The molecule has 0 heterocycles. The van der Waals surface area contributed by atoms with Crippen molar-refractivity contribution >= 4 is 15.9 Å². The van der Waals surface area contributed by atoms with Crippen LogP contribution in [0.5, 0.6) is 0 Å². The predicted molar refractivity (Wildman–Crippen MR) is 65.1 cm³/mol. The monoisotopic (exact) mass is 248 g/mol. The third-order valence-corrected chi connectivity index (χ3v) is 4.60. The first-order valence-electron chi connectivity index (χ1n) is 5.05. The van der Waals surface area contributed by atoms with E-state index < -0.39 is 14.6 Å². The van der Waals surface area contributed by atoms with Gasteiger partial charge < -0.3 is 10.6 Å². The Kier molecular flexibility index (Phi) is 5.50. The Morgan fingerprint density at radius 1 is 1.31 bits per heavy atom. The highest BCUT2D eigenvalue weighted by atomic mass is 32.2. The molecular weight excluding hydrogens is 228 g/mol. The highest BCUT2D eigenvalue weighted by Crippen LogP contribution is 2.14. The van der Waals surface area contributed by atoms with E-state index in [1.54, 1.807) is 26.8 Å². The molecular formula is C10H20N2O3S. The fourth-order valence-electron chi connectivity index (χ4n) is 0.832. The van der Waals surface area contributed by atoms with Crippen molar-refractivity contribution in [3.63, 3.8) is 0 Å². The zero-order valence-corrected chi connectivity index (χ0v) is 10.9. The van der Waals surface area contributed by atoms with Crippen molar-refractivity contribution in [2.24, 2.45) is 0 Å². The molecule has 94 valence electrons. The number of carbonyl (C=O) groups is 1. The van der Waals surface area contributed by atoms with Crippen molar-refractivity contribution < 1.29 is 13.2 Å². The molecule has 0 saturated carbocycles. The Bertz CT molecular complexity index is 342. The summed E-state index contributed by atoms with van der Waals surface area (Å²) in [5.41, 5.74) is 0. The van der Waals surface area contributed by atoms with Gasteiger partial charge in [-0.3, -0.25) is 0 Å². The van der Waals surface area contributed by atoms with E-state index in [2.05, 4.69) is 17.2 Å². The molecule has 0 bridgehead atoms. The van der Waals surface area contributed by atoms with E-state index in [0.717, 1.165) is 0 Å². The van der Waals surface area contributed by atoms with Gasteiger partial charge in [0.1, 0.15) is 0 Å². The van der Waals surface area contributed by atoms with E-state index >= 15 is 0 Å². The lowest BCUT2D eigenvalue weighted by molar-refractivity contribution is 0.242. The number of hydrogen-bond acceptors (Lipinski definition) is 3. The fourth-order valence-corrected chi connectivity index (χ4v) is 1.82. The number of amides is 2. The number of urea groups is 1. The third kappa shape index (κ3) is 5.16. The first-order valence-corrected chi connectivity index (χ1v) is 6.71. The molecule has 0 aromatic rings. The van der Waals surface area contributed by atoms with Gasteiger partial charge in [-0.1, -0.05) is 6.08 Å². The smallest absolute Gasteiger partial charge is 0.315 e. The maximum Gasteiger partial charge on any atom is 0.315 e. The van der Waals surface area contributed by atoms with Gasteiger partial charge in [-0.05, 0) is 20.8 Å². The molecule has 0 spiro atoms. The van der Waals surface area contributed by atoms with Crippen LogP contribution in [0.2, 0.25) is 0 Å². The summed E-state index contributed by atoms with van der Waals surface area (Å²) in [6, 6.07) is -0.385. The number of sulfone groups is 1. The minimum atomic E-state index is -3.18. The lowest BCUT2D eigenvalue weighted by Crippen LogP contribution is -2.40. The Morgan fingerprint density at radius 2 is 1.88 bits per heavy atom. The van der Waals surface area contributed by atoms with Gasteiger partial charge in [-0.15, -0.1) is 6.58 Å². The van der Waals surface area contributed by atoms with E-state index in [0.29, 0.717) is 6.54 Å². The predicted octanol–water partition coefficient (Wildman–Crippen LogP) is 0.685. The molecule has 0 saturated heterocycles. The molecule has 0 aliphatic heterocycles. The van der Waals surface area contributed by atoms with Crippen molar-refractivity contribution in [2.45, 2.75) is 25.5 Å². The largest absolute Gasteiger partial charge is 0.337 e. The van der Waals surface area contributed by atoms with Crippen LogP contribution in [0.25, 0.3) is 0 Å². The zero-order chi connectivity index (χ0) is 12.8. The van der Waals surface area contributed by atoms with Crippen molar-refractivity contribution in [1.82, 2.24) is 10.6 Å². The molecule has 0 aromatic heterocycles. The molecule has 16 heavy (non-hydrogen) atoms. The van der Waals surface area contributed by atoms with Gasteiger partial charge in [0.15, 0.2) is 9.84 Å².